The van der Waals surface area contributed by atoms with Crippen LogP contribution in [-0.2, 0) is 4.79 Å². The van der Waals surface area contributed by atoms with Gasteiger partial charge in [0.15, 0.2) is 0 Å². The number of nitrogens with zero attached hydrogens (tertiary/aromatic N) is 1. The van der Waals surface area contributed by atoms with Crippen LogP contribution in [0.5, 0.6) is 0 Å². The number of alkyl halides is 3. The van der Waals surface area contributed by atoms with Gasteiger partial charge in [-0.2, -0.15) is 13.2 Å². The molecule has 1 heterocycles. The number of hydrogen-bond donors (Lipinski definition) is 2. The second-order valence-corrected chi connectivity index (χ2v) is 4.09. The van der Waals surface area contributed by atoms with Crippen molar-refractivity contribution in [1.82, 2.24) is 15.3 Å². The number of carbonyl (C=O) groups excluding carboxylic acids is 1. The van der Waals surface area contributed by atoms with Crippen LogP contribution in [0.3, 0.4) is 0 Å². The fourth-order valence-corrected chi connectivity index (χ4v) is 1.50. The van der Waals surface area contributed by atoms with E-state index in [1.807, 2.05) is 13.8 Å². The van der Waals surface area contributed by atoms with Gasteiger partial charge in [0.2, 0.25) is 5.91 Å². The molecule has 1 amide bonds. The average molecular weight is 263 g/mol. The van der Waals surface area contributed by atoms with Crippen molar-refractivity contribution in [2.24, 2.45) is 0 Å². The zero-order chi connectivity index (χ0) is 13.8. The average Bonchev–Trinajstić information content (AvgIpc) is 2.69. The molecule has 1 atom stereocenters. The van der Waals surface area contributed by atoms with Crippen molar-refractivity contribution < 1.29 is 18.0 Å². The lowest BCUT2D eigenvalue weighted by atomic mass is 10.2. The minimum atomic E-state index is -4.31. The fourth-order valence-electron chi connectivity index (χ4n) is 1.50. The Morgan fingerprint density at radius 1 is 1.56 bits per heavy atom. The first-order valence-corrected chi connectivity index (χ1v) is 5.69. The minimum Gasteiger partial charge on any atom is -0.346 e. The van der Waals surface area contributed by atoms with Gasteiger partial charge in [-0.05, 0) is 13.3 Å². The van der Waals surface area contributed by atoms with Crippen LogP contribution in [0.2, 0.25) is 0 Å². The van der Waals surface area contributed by atoms with Gasteiger partial charge < -0.3 is 10.3 Å². The van der Waals surface area contributed by atoms with Crippen molar-refractivity contribution in [1.29, 1.82) is 0 Å². The second-order valence-electron chi connectivity index (χ2n) is 4.09. The molecule has 0 aliphatic carbocycles. The molecule has 0 aliphatic heterocycles. The number of aromatic amines is 1. The summed E-state index contributed by atoms with van der Waals surface area (Å²) in [7, 11) is 0. The first-order chi connectivity index (χ1) is 8.31. The van der Waals surface area contributed by atoms with E-state index in [9.17, 15) is 18.0 Å². The number of imidazole rings is 1. The molecule has 1 aromatic heterocycles. The molecule has 1 aromatic rings. The van der Waals surface area contributed by atoms with E-state index in [1.165, 1.54) is 0 Å². The SMILES string of the molecule is CC[C@H](NC(=O)CCC(F)(F)F)c1ncc(C)[nH]1. The van der Waals surface area contributed by atoms with Gasteiger partial charge in [0, 0.05) is 18.3 Å². The standard InChI is InChI=1S/C11H16F3N3O/c1-3-8(10-15-6-7(2)16-10)17-9(18)4-5-11(12,13)14/h6,8H,3-5H2,1-2H3,(H,15,16)(H,17,18)/t8-/m0/s1. The number of nitrogens with one attached hydrogen (secondary N) is 2. The van der Waals surface area contributed by atoms with Crippen LogP contribution < -0.4 is 5.32 Å². The molecule has 102 valence electrons. The predicted octanol–water partition coefficient (Wildman–Crippen LogP) is 2.63. The van der Waals surface area contributed by atoms with E-state index in [4.69, 9.17) is 0 Å². The highest BCUT2D eigenvalue weighted by atomic mass is 19.4. The third-order valence-electron chi connectivity index (χ3n) is 2.43. The number of amides is 1. The molecule has 0 saturated carbocycles. The molecular formula is C11H16F3N3O. The number of aryl methyl sites for hydroxylation is 1. The number of H-pyrrole nitrogens is 1. The summed E-state index contributed by atoms with van der Waals surface area (Å²) in [6, 6.07) is -0.376. The zero-order valence-electron chi connectivity index (χ0n) is 10.3. The summed E-state index contributed by atoms with van der Waals surface area (Å²) in [6.07, 6.45) is -3.79. The van der Waals surface area contributed by atoms with Gasteiger partial charge in [0.05, 0.1) is 12.5 Å². The molecule has 0 aromatic carbocycles. The highest BCUT2D eigenvalue weighted by molar-refractivity contribution is 5.76. The van der Waals surface area contributed by atoms with Crippen LogP contribution in [0, 0.1) is 6.92 Å². The third-order valence-corrected chi connectivity index (χ3v) is 2.43. The van der Waals surface area contributed by atoms with Gasteiger partial charge in [-0.1, -0.05) is 6.92 Å². The molecule has 0 aliphatic rings. The normalized spacial score (nSPS) is 13.4. The monoisotopic (exact) mass is 263 g/mol. The first kappa shape index (κ1) is 14.5. The Kier molecular flexibility index (Phi) is 4.75. The molecule has 0 unspecified atom stereocenters. The summed E-state index contributed by atoms with van der Waals surface area (Å²) in [5.41, 5.74) is 0.841. The van der Waals surface area contributed by atoms with Gasteiger partial charge in [-0.15, -0.1) is 0 Å². The molecule has 0 spiro atoms. The molecular weight excluding hydrogens is 247 g/mol. The van der Waals surface area contributed by atoms with E-state index in [0.717, 1.165) is 5.69 Å². The lowest BCUT2D eigenvalue weighted by Gasteiger charge is -2.15. The third kappa shape index (κ3) is 4.77. The maximum atomic E-state index is 12.0. The molecule has 2 N–H and O–H groups in total. The zero-order valence-corrected chi connectivity index (χ0v) is 10.3. The summed E-state index contributed by atoms with van der Waals surface area (Å²) in [5.74, 6) is -0.0522. The molecule has 7 heteroatoms. The maximum Gasteiger partial charge on any atom is 0.389 e. The summed E-state index contributed by atoms with van der Waals surface area (Å²) in [6.45, 7) is 3.64. The maximum absolute atomic E-state index is 12.0. The smallest absolute Gasteiger partial charge is 0.346 e. The van der Waals surface area contributed by atoms with E-state index in [1.54, 1.807) is 6.20 Å². The number of aromatic nitrogens is 2. The van der Waals surface area contributed by atoms with Crippen molar-refractivity contribution in [3.63, 3.8) is 0 Å². The van der Waals surface area contributed by atoms with Gasteiger partial charge in [-0.3, -0.25) is 4.79 Å². The molecule has 0 saturated heterocycles. The summed E-state index contributed by atoms with van der Waals surface area (Å²) in [4.78, 5) is 18.4. The number of hydrogen-bond acceptors (Lipinski definition) is 2. The van der Waals surface area contributed by atoms with Crippen molar-refractivity contribution >= 4 is 5.91 Å². The van der Waals surface area contributed by atoms with E-state index in [0.29, 0.717) is 12.2 Å². The van der Waals surface area contributed by atoms with Gasteiger partial charge in [-0.25, -0.2) is 4.98 Å². The van der Waals surface area contributed by atoms with Crippen molar-refractivity contribution in [3.8, 4) is 0 Å². The van der Waals surface area contributed by atoms with Gasteiger partial charge >= 0.3 is 6.18 Å². The Hall–Kier alpha value is -1.53. The summed E-state index contributed by atoms with van der Waals surface area (Å²) >= 11 is 0. The van der Waals surface area contributed by atoms with Crippen molar-refractivity contribution in [2.75, 3.05) is 0 Å². The van der Waals surface area contributed by atoms with Crippen LogP contribution in [0.25, 0.3) is 0 Å². The predicted molar refractivity (Wildman–Crippen MR) is 59.8 cm³/mol. The Bertz CT molecular complexity index is 400. The Labute approximate surface area is 103 Å². The van der Waals surface area contributed by atoms with E-state index in [2.05, 4.69) is 15.3 Å². The van der Waals surface area contributed by atoms with Crippen LogP contribution in [0.1, 0.15) is 43.7 Å². The van der Waals surface area contributed by atoms with E-state index in [-0.39, 0.29) is 6.04 Å². The van der Waals surface area contributed by atoms with Gasteiger partial charge in [0.1, 0.15) is 5.82 Å². The van der Waals surface area contributed by atoms with E-state index < -0.39 is 24.9 Å². The van der Waals surface area contributed by atoms with Crippen LogP contribution in [0.4, 0.5) is 13.2 Å². The molecule has 0 fully saturated rings. The molecule has 1 rings (SSSR count). The lowest BCUT2D eigenvalue weighted by Crippen LogP contribution is -2.29. The largest absolute Gasteiger partial charge is 0.389 e. The first-order valence-electron chi connectivity index (χ1n) is 5.69. The van der Waals surface area contributed by atoms with Crippen molar-refractivity contribution in [2.45, 2.75) is 45.3 Å². The molecule has 18 heavy (non-hydrogen) atoms. The number of rotatable bonds is 5. The van der Waals surface area contributed by atoms with Crippen LogP contribution in [0.15, 0.2) is 6.20 Å². The minimum absolute atomic E-state index is 0.376. The Morgan fingerprint density at radius 2 is 2.22 bits per heavy atom. The van der Waals surface area contributed by atoms with Gasteiger partial charge in [0.25, 0.3) is 0 Å². The Morgan fingerprint density at radius 3 is 2.67 bits per heavy atom. The second kappa shape index (κ2) is 5.88. The fraction of sp³-hybridized carbons (Fsp3) is 0.636. The Balaban J connectivity index is 2.51. The summed E-state index contributed by atoms with van der Waals surface area (Å²) in [5, 5.41) is 2.54. The molecule has 4 nitrogen and oxygen atoms in total. The lowest BCUT2D eigenvalue weighted by molar-refractivity contribution is -0.144. The number of halogens is 3. The molecule has 0 bridgehead atoms. The summed E-state index contributed by atoms with van der Waals surface area (Å²) < 4.78 is 35.9. The molecule has 0 radical (unpaired) electrons. The van der Waals surface area contributed by atoms with E-state index >= 15 is 0 Å². The van der Waals surface area contributed by atoms with Crippen LogP contribution >= 0.6 is 0 Å². The highest BCUT2D eigenvalue weighted by Gasteiger charge is 2.28. The highest BCUT2D eigenvalue weighted by Crippen LogP contribution is 2.21. The topological polar surface area (TPSA) is 57.8 Å². The van der Waals surface area contributed by atoms with Crippen LogP contribution in [-0.4, -0.2) is 22.1 Å². The quantitative estimate of drug-likeness (QED) is 0.858. The number of carbonyl (C=O) groups is 1. The van der Waals surface area contributed by atoms with Crippen molar-refractivity contribution in [3.05, 3.63) is 17.7 Å².